The summed E-state index contributed by atoms with van der Waals surface area (Å²) in [7, 11) is 1.31. The Bertz CT molecular complexity index is 565. The van der Waals surface area contributed by atoms with Crippen molar-refractivity contribution in [2.45, 2.75) is 6.92 Å². The van der Waals surface area contributed by atoms with Gasteiger partial charge in [0, 0.05) is 10.9 Å². The van der Waals surface area contributed by atoms with Gasteiger partial charge in [0.25, 0.3) is 0 Å². The van der Waals surface area contributed by atoms with Crippen molar-refractivity contribution < 1.29 is 13.9 Å². The first-order valence-corrected chi connectivity index (χ1v) is 5.80. The number of carbonyl (C=O) groups is 1. The van der Waals surface area contributed by atoms with E-state index in [1.165, 1.54) is 30.6 Å². The number of aromatic nitrogens is 1. The number of ether oxygens (including phenoxy) is 1. The molecule has 0 bridgehead atoms. The van der Waals surface area contributed by atoms with E-state index in [2.05, 4.69) is 9.72 Å². The van der Waals surface area contributed by atoms with Crippen molar-refractivity contribution in [2.75, 3.05) is 7.11 Å². The predicted molar refractivity (Wildman–Crippen MR) is 63.6 cm³/mol. The lowest BCUT2D eigenvalue weighted by Gasteiger charge is -2.01. The fourth-order valence-corrected chi connectivity index (χ4v) is 2.34. The smallest absolute Gasteiger partial charge is 0.357 e. The highest BCUT2D eigenvalue weighted by Crippen LogP contribution is 2.27. The second-order valence-electron chi connectivity index (χ2n) is 3.49. The number of nitrogens with zero attached hydrogens (tertiary/aromatic N) is 1. The third-order valence-electron chi connectivity index (χ3n) is 2.32. The van der Waals surface area contributed by atoms with Crippen molar-refractivity contribution in [3.05, 3.63) is 40.7 Å². The van der Waals surface area contributed by atoms with Gasteiger partial charge in [-0.05, 0) is 30.7 Å². The van der Waals surface area contributed by atoms with Gasteiger partial charge < -0.3 is 4.74 Å². The average Bonchev–Trinajstić information content (AvgIpc) is 2.77. The van der Waals surface area contributed by atoms with E-state index in [4.69, 9.17) is 0 Å². The van der Waals surface area contributed by atoms with Crippen molar-refractivity contribution in [1.29, 1.82) is 0 Å². The van der Waals surface area contributed by atoms with E-state index < -0.39 is 5.97 Å². The second-order valence-corrected chi connectivity index (χ2v) is 4.35. The summed E-state index contributed by atoms with van der Waals surface area (Å²) in [5.74, 6) is -0.747. The molecule has 2 rings (SSSR count). The molecule has 1 heterocycles. The Morgan fingerprint density at radius 1 is 1.47 bits per heavy atom. The number of hydrogen-bond acceptors (Lipinski definition) is 4. The van der Waals surface area contributed by atoms with Crippen LogP contribution in [0.5, 0.6) is 0 Å². The van der Waals surface area contributed by atoms with Crippen LogP contribution in [0.4, 0.5) is 4.39 Å². The molecule has 0 spiro atoms. The number of aryl methyl sites for hydroxylation is 1. The maximum atomic E-state index is 13.0. The molecule has 17 heavy (non-hydrogen) atoms. The first-order valence-electron chi connectivity index (χ1n) is 4.92. The van der Waals surface area contributed by atoms with Gasteiger partial charge in [0.15, 0.2) is 5.69 Å². The van der Waals surface area contributed by atoms with Crippen molar-refractivity contribution in [3.8, 4) is 10.6 Å². The van der Waals surface area contributed by atoms with Gasteiger partial charge in [-0.2, -0.15) is 0 Å². The molecule has 1 aromatic carbocycles. The van der Waals surface area contributed by atoms with Crippen LogP contribution in [-0.2, 0) is 4.74 Å². The van der Waals surface area contributed by atoms with Gasteiger partial charge >= 0.3 is 5.97 Å². The fraction of sp³-hybridized carbons (Fsp3) is 0.167. The van der Waals surface area contributed by atoms with E-state index in [1.807, 2.05) is 0 Å². The molecule has 0 aliphatic heterocycles. The van der Waals surface area contributed by atoms with E-state index in [0.717, 1.165) is 11.1 Å². The van der Waals surface area contributed by atoms with Crippen molar-refractivity contribution >= 4 is 17.3 Å². The topological polar surface area (TPSA) is 39.2 Å². The lowest BCUT2D eigenvalue weighted by atomic mass is 10.1. The van der Waals surface area contributed by atoms with Crippen LogP contribution in [0, 0.1) is 12.7 Å². The standard InChI is InChI=1S/C12H10FNO2S/c1-7-5-8(13)3-4-9(7)11-14-10(6-17-11)12(15)16-2/h3-6H,1-2H3. The third kappa shape index (κ3) is 2.34. The summed E-state index contributed by atoms with van der Waals surface area (Å²) in [6, 6.07) is 4.47. The molecule has 1 aromatic heterocycles. The molecule has 5 heteroatoms. The highest BCUT2D eigenvalue weighted by molar-refractivity contribution is 7.13. The molecule has 0 N–H and O–H groups in total. The zero-order chi connectivity index (χ0) is 12.4. The fourth-order valence-electron chi connectivity index (χ4n) is 1.46. The van der Waals surface area contributed by atoms with Crippen LogP contribution in [0.25, 0.3) is 10.6 Å². The zero-order valence-corrected chi connectivity index (χ0v) is 10.2. The third-order valence-corrected chi connectivity index (χ3v) is 3.19. The van der Waals surface area contributed by atoms with Crippen LogP contribution in [0.3, 0.4) is 0 Å². The Kier molecular flexibility index (Phi) is 3.19. The van der Waals surface area contributed by atoms with Crippen LogP contribution < -0.4 is 0 Å². The summed E-state index contributed by atoms with van der Waals surface area (Å²) in [5.41, 5.74) is 1.89. The summed E-state index contributed by atoms with van der Waals surface area (Å²) in [6.07, 6.45) is 0. The van der Waals surface area contributed by atoms with Gasteiger partial charge in [0.2, 0.25) is 0 Å². The molecule has 0 radical (unpaired) electrons. The molecule has 0 unspecified atom stereocenters. The van der Waals surface area contributed by atoms with E-state index in [0.29, 0.717) is 5.01 Å². The quantitative estimate of drug-likeness (QED) is 0.770. The highest BCUT2D eigenvalue weighted by atomic mass is 32.1. The molecule has 0 saturated heterocycles. The van der Waals surface area contributed by atoms with Crippen molar-refractivity contribution in [1.82, 2.24) is 4.98 Å². The largest absolute Gasteiger partial charge is 0.464 e. The number of esters is 1. The summed E-state index contributed by atoms with van der Waals surface area (Å²) in [4.78, 5) is 15.4. The molecule has 0 atom stereocenters. The Labute approximate surface area is 102 Å². The first-order chi connectivity index (χ1) is 8.11. The maximum absolute atomic E-state index is 13.0. The first kappa shape index (κ1) is 11.7. The Morgan fingerprint density at radius 3 is 2.88 bits per heavy atom. The van der Waals surface area contributed by atoms with Gasteiger partial charge in [0.05, 0.1) is 7.11 Å². The summed E-state index contributed by atoms with van der Waals surface area (Å²) in [6.45, 7) is 1.80. The highest BCUT2D eigenvalue weighted by Gasteiger charge is 2.13. The van der Waals surface area contributed by atoms with Crippen molar-refractivity contribution in [2.24, 2.45) is 0 Å². The number of thiazole rings is 1. The van der Waals surface area contributed by atoms with Crippen LogP contribution in [0.1, 0.15) is 16.1 Å². The van der Waals surface area contributed by atoms with Gasteiger partial charge in [-0.1, -0.05) is 0 Å². The molecular formula is C12H10FNO2S. The number of carbonyl (C=O) groups excluding carboxylic acids is 1. The molecule has 2 aromatic rings. The van der Waals surface area contributed by atoms with Gasteiger partial charge in [-0.3, -0.25) is 0 Å². The number of benzene rings is 1. The van der Waals surface area contributed by atoms with E-state index in [-0.39, 0.29) is 11.5 Å². The minimum atomic E-state index is -0.465. The van der Waals surface area contributed by atoms with Gasteiger partial charge in [-0.25, -0.2) is 14.2 Å². The SMILES string of the molecule is COC(=O)c1csc(-c2ccc(F)cc2C)n1. The van der Waals surface area contributed by atoms with E-state index in [1.54, 1.807) is 18.4 Å². The predicted octanol–water partition coefficient (Wildman–Crippen LogP) is 3.04. The molecule has 3 nitrogen and oxygen atoms in total. The second kappa shape index (κ2) is 4.63. The molecule has 0 saturated carbocycles. The van der Waals surface area contributed by atoms with Crippen LogP contribution in [0.15, 0.2) is 23.6 Å². The summed E-state index contributed by atoms with van der Waals surface area (Å²) in [5, 5.41) is 2.31. The molecule has 0 aliphatic carbocycles. The van der Waals surface area contributed by atoms with Crippen LogP contribution >= 0.6 is 11.3 Å². The Balaban J connectivity index is 2.40. The normalized spacial score (nSPS) is 10.3. The zero-order valence-electron chi connectivity index (χ0n) is 9.36. The lowest BCUT2D eigenvalue weighted by molar-refractivity contribution is 0.0595. The minimum absolute atomic E-state index is 0.274. The number of methoxy groups -OCH3 is 1. The van der Waals surface area contributed by atoms with E-state index >= 15 is 0 Å². The van der Waals surface area contributed by atoms with Crippen LogP contribution in [0.2, 0.25) is 0 Å². The average molecular weight is 251 g/mol. The molecular weight excluding hydrogens is 241 g/mol. The monoisotopic (exact) mass is 251 g/mol. The number of rotatable bonds is 2. The Hall–Kier alpha value is -1.75. The lowest BCUT2D eigenvalue weighted by Crippen LogP contribution is -2.01. The number of halogens is 1. The molecule has 0 aliphatic rings. The molecule has 0 fully saturated rings. The van der Waals surface area contributed by atoms with E-state index in [9.17, 15) is 9.18 Å². The van der Waals surface area contributed by atoms with Crippen LogP contribution in [-0.4, -0.2) is 18.1 Å². The van der Waals surface area contributed by atoms with Gasteiger partial charge in [-0.15, -0.1) is 11.3 Å². The Morgan fingerprint density at radius 2 is 2.24 bits per heavy atom. The summed E-state index contributed by atoms with van der Waals surface area (Å²) >= 11 is 1.33. The minimum Gasteiger partial charge on any atom is -0.464 e. The maximum Gasteiger partial charge on any atom is 0.357 e. The number of hydrogen-bond donors (Lipinski definition) is 0. The van der Waals surface area contributed by atoms with Crippen molar-refractivity contribution in [3.63, 3.8) is 0 Å². The molecule has 0 amide bonds. The van der Waals surface area contributed by atoms with Gasteiger partial charge in [0.1, 0.15) is 10.8 Å². The summed E-state index contributed by atoms with van der Waals surface area (Å²) < 4.78 is 17.5. The molecule has 88 valence electrons.